The molecule has 0 bridgehead atoms. The van der Waals surface area contributed by atoms with Crippen molar-refractivity contribution in [3.05, 3.63) is 0 Å². The van der Waals surface area contributed by atoms with Crippen LogP contribution in [0.2, 0.25) is 0 Å². The first kappa shape index (κ1) is 34.1. The Morgan fingerprint density at radius 1 is 0.543 bits per heavy atom. The normalized spacial score (nSPS) is 12.1. The van der Waals surface area contributed by atoms with Crippen molar-refractivity contribution in [1.29, 1.82) is 0 Å². The van der Waals surface area contributed by atoms with Gasteiger partial charge in [-0.05, 0) is 19.3 Å². The zero-order valence-electron chi connectivity index (χ0n) is 23.9. The fraction of sp³-hybridized carbons (Fsp3) is 0.938. The van der Waals surface area contributed by atoms with Gasteiger partial charge in [0.05, 0.1) is 6.42 Å². The van der Waals surface area contributed by atoms with Gasteiger partial charge in [-0.1, -0.05) is 155 Å². The van der Waals surface area contributed by atoms with E-state index in [2.05, 4.69) is 13.8 Å². The molecule has 3 heteroatoms. The molecule has 0 aromatic carbocycles. The molecule has 35 heavy (non-hydrogen) atoms. The van der Waals surface area contributed by atoms with E-state index in [4.69, 9.17) is 4.74 Å². The van der Waals surface area contributed by atoms with Crippen molar-refractivity contribution < 1.29 is 14.3 Å². The number of ether oxygens (including phenoxy) is 1. The predicted molar refractivity (Wildman–Crippen MR) is 152 cm³/mol. The molecule has 0 amide bonds. The minimum absolute atomic E-state index is 0.130. The average molecular weight is 494 g/mol. The summed E-state index contributed by atoms with van der Waals surface area (Å²) in [7, 11) is 0. The molecule has 0 rings (SSSR count). The molecule has 1 radical (unpaired) electrons. The number of rotatable bonds is 29. The van der Waals surface area contributed by atoms with Crippen molar-refractivity contribution in [2.75, 3.05) is 0 Å². The van der Waals surface area contributed by atoms with Gasteiger partial charge in [0.2, 0.25) is 6.29 Å². The largest absolute Gasteiger partial charge is 0.462 e. The molecular formula is C32H61O3. The predicted octanol–water partition coefficient (Wildman–Crippen LogP) is 10.6. The lowest BCUT2D eigenvalue weighted by Gasteiger charge is -2.15. The molecule has 1 atom stereocenters. The summed E-state index contributed by atoms with van der Waals surface area (Å²) in [5.74, 6) is -0.130. The van der Waals surface area contributed by atoms with Gasteiger partial charge in [-0.15, -0.1) is 0 Å². The number of hydrogen-bond acceptors (Lipinski definition) is 3. The zero-order valence-corrected chi connectivity index (χ0v) is 23.9. The monoisotopic (exact) mass is 493 g/mol. The van der Waals surface area contributed by atoms with Gasteiger partial charge in [0.25, 0.3) is 0 Å². The second-order valence-corrected chi connectivity index (χ2v) is 10.8. The molecule has 0 spiro atoms. The van der Waals surface area contributed by atoms with Crippen LogP contribution < -0.4 is 0 Å². The molecule has 0 aliphatic rings. The number of carbonyl (C=O) groups is 1. The maximum absolute atomic E-state index is 12.1. The summed E-state index contributed by atoms with van der Waals surface area (Å²) in [4.78, 5) is 23.0. The van der Waals surface area contributed by atoms with Gasteiger partial charge >= 0.3 is 5.97 Å². The minimum Gasteiger partial charge on any atom is -0.462 e. The van der Waals surface area contributed by atoms with Gasteiger partial charge in [0, 0.05) is 6.42 Å². The van der Waals surface area contributed by atoms with Crippen LogP contribution in [0, 0.1) is 0 Å². The van der Waals surface area contributed by atoms with E-state index in [1.807, 2.05) is 6.29 Å². The Morgan fingerprint density at radius 3 is 1.26 bits per heavy atom. The average Bonchev–Trinajstić information content (AvgIpc) is 2.85. The van der Waals surface area contributed by atoms with Crippen LogP contribution in [0.5, 0.6) is 0 Å². The Morgan fingerprint density at radius 2 is 0.886 bits per heavy atom. The summed E-state index contributed by atoms with van der Waals surface area (Å²) in [5.41, 5.74) is 0. The summed E-state index contributed by atoms with van der Waals surface area (Å²) in [6, 6.07) is 0. The van der Waals surface area contributed by atoms with E-state index >= 15 is 0 Å². The molecule has 0 aliphatic carbocycles. The smallest absolute Gasteiger partial charge is 0.306 e. The lowest BCUT2D eigenvalue weighted by Crippen LogP contribution is -2.18. The number of unbranched alkanes of at least 4 members (excludes halogenated alkanes) is 22. The van der Waals surface area contributed by atoms with Crippen molar-refractivity contribution in [1.82, 2.24) is 0 Å². The standard InChI is InChI=1S/C32H61O3/c1-3-5-7-9-11-12-13-14-15-16-17-18-19-20-22-24-26-28-32(34)35-31(29-30-33)27-25-23-21-10-8-6-4-2/h31H,3-29H2,1-2H3. The summed E-state index contributed by atoms with van der Waals surface area (Å²) >= 11 is 0. The van der Waals surface area contributed by atoms with Crippen LogP contribution in [0.25, 0.3) is 0 Å². The van der Waals surface area contributed by atoms with Crippen LogP contribution in [-0.2, 0) is 14.3 Å². The van der Waals surface area contributed by atoms with Crippen molar-refractivity contribution in [3.8, 4) is 0 Å². The summed E-state index contributed by atoms with van der Waals surface area (Å²) in [5, 5.41) is 0. The highest BCUT2D eigenvalue weighted by atomic mass is 16.5. The molecule has 0 N–H and O–H groups in total. The van der Waals surface area contributed by atoms with Gasteiger partial charge < -0.3 is 4.74 Å². The highest BCUT2D eigenvalue weighted by molar-refractivity contribution is 5.69. The first-order chi connectivity index (χ1) is 17.2. The van der Waals surface area contributed by atoms with E-state index in [0.717, 1.165) is 32.1 Å². The molecule has 3 nitrogen and oxygen atoms in total. The van der Waals surface area contributed by atoms with Crippen molar-refractivity contribution in [3.63, 3.8) is 0 Å². The Kier molecular flexibility index (Phi) is 28.6. The molecule has 0 fully saturated rings. The van der Waals surface area contributed by atoms with E-state index in [0.29, 0.717) is 6.42 Å². The topological polar surface area (TPSA) is 43.4 Å². The van der Waals surface area contributed by atoms with Crippen LogP contribution >= 0.6 is 0 Å². The molecule has 207 valence electrons. The van der Waals surface area contributed by atoms with Crippen LogP contribution in [0.1, 0.15) is 187 Å². The molecule has 1 unspecified atom stereocenters. The fourth-order valence-electron chi connectivity index (χ4n) is 4.86. The molecule has 0 heterocycles. The lowest BCUT2D eigenvalue weighted by atomic mass is 10.0. The molecule has 0 aliphatic heterocycles. The van der Waals surface area contributed by atoms with Crippen LogP contribution in [0.15, 0.2) is 0 Å². The molecule has 0 aromatic rings. The van der Waals surface area contributed by atoms with Gasteiger partial charge in [-0.3, -0.25) is 9.59 Å². The van der Waals surface area contributed by atoms with Gasteiger partial charge in [-0.25, -0.2) is 0 Å². The molecule has 0 aromatic heterocycles. The third-order valence-corrected chi connectivity index (χ3v) is 7.22. The molecule has 0 saturated heterocycles. The number of esters is 1. The third kappa shape index (κ3) is 27.6. The van der Waals surface area contributed by atoms with Gasteiger partial charge in [0.15, 0.2) is 0 Å². The van der Waals surface area contributed by atoms with Crippen molar-refractivity contribution >= 4 is 12.3 Å². The Bertz CT molecular complexity index is 435. The Hall–Kier alpha value is -0.860. The Labute approximate surface area is 219 Å². The summed E-state index contributed by atoms with van der Waals surface area (Å²) in [6.07, 6.45) is 34.6. The fourth-order valence-corrected chi connectivity index (χ4v) is 4.86. The van der Waals surface area contributed by atoms with Crippen LogP contribution in [0.4, 0.5) is 0 Å². The lowest BCUT2D eigenvalue weighted by molar-refractivity contribution is -0.149. The maximum atomic E-state index is 12.1. The highest BCUT2D eigenvalue weighted by Crippen LogP contribution is 2.16. The van der Waals surface area contributed by atoms with Gasteiger partial charge in [0.1, 0.15) is 6.10 Å². The minimum atomic E-state index is -0.263. The first-order valence-electron chi connectivity index (χ1n) is 15.8. The summed E-state index contributed by atoms with van der Waals surface area (Å²) in [6.45, 7) is 4.51. The van der Waals surface area contributed by atoms with Crippen molar-refractivity contribution in [2.45, 2.75) is 193 Å². The van der Waals surface area contributed by atoms with E-state index in [1.54, 1.807) is 0 Å². The first-order valence-corrected chi connectivity index (χ1v) is 15.8. The maximum Gasteiger partial charge on any atom is 0.306 e. The van der Waals surface area contributed by atoms with E-state index in [1.165, 1.54) is 128 Å². The molecule has 0 saturated carbocycles. The quantitative estimate of drug-likeness (QED) is 0.0768. The number of carbonyl (C=O) groups excluding carboxylic acids is 2. The van der Waals surface area contributed by atoms with Crippen molar-refractivity contribution in [2.24, 2.45) is 0 Å². The third-order valence-electron chi connectivity index (χ3n) is 7.22. The SMILES string of the molecule is CCCCCCCCCCCCCCCCCCCC(=O)OC(C[C]=O)CCCCCCCCC. The second-order valence-electron chi connectivity index (χ2n) is 10.8. The summed E-state index contributed by atoms with van der Waals surface area (Å²) < 4.78 is 5.56. The van der Waals surface area contributed by atoms with E-state index in [9.17, 15) is 9.59 Å². The van der Waals surface area contributed by atoms with E-state index < -0.39 is 0 Å². The zero-order chi connectivity index (χ0) is 25.7. The second kappa shape index (κ2) is 29.4. The number of hydrogen-bond donors (Lipinski definition) is 0. The molecular weight excluding hydrogens is 432 g/mol. The highest BCUT2D eigenvalue weighted by Gasteiger charge is 2.14. The van der Waals surface area contributed by atoms with Crippen LogP contribution in [-0.4, -0.2) is 18.4 Å². The van der Waals surface area contributed by atoms with Crippen LogP contribution in [0.3, 0.4) is 0 Å². The Balaban J connectivity index is 3.45. The van der Waals surface area contributed by atoms with Gasteiger partial charge in [-0.2, -0.15) is 0 Å². The van der Waals surface area contributed by atoms with E-state index in [-0.39, 0.29) is 18.5 Å².